The molecule has 4 rings (SSSR count). The highest BCUT2D eigenvalue weighted by Gasteiger charge is 2.57. The van der Waals surface area contributed by atoms with E-state index >= 15 is 0 Å². The predicted molar refractivity (Wildman–Crippen MR) is 176 cm³/mol. The molecule has 9 atom stereocenters. The van der Waals surface area contributed by atoms with Gasteiger partial charge in [-0.15, -0.1) is 0 Å². The van der Waals surface area contributed by atoms with Crippen LogP contribution in [0.2, 0.25) is 0 Å². The summed E-state index contributed by atoms with van der Waals surface area (Å²) in [6, 6.07) is 8.22. The number of rotatable bonds is 8. The minimum absolute atomic E-state index is 0.116. The van der Waals surface area contributed by atoms with E-state index < -0.39 is 89.1 Å². The van der Waals surface area contributed by atoms with Gasteiger partial charge in [-0.1, -0.05) is 44.2 Å². The van der Waals surface area contributed by atoms with E-state index in [1.54, 1.807) is 63.2 Å². The summed E-state index contributed by atoms with van der Waals surface area (Å²) in [5.41, 5.74) is -0.553. The Morgan fingerprint density at radius 2 is 1.47 bits per heavy atom. The maximum absolute atomic E-state index is 14.5. The number of carbonyl (C=O) groups is 5. The molecule has 3 aliphatic carbocycles. The number of aliphatic hydroxyl groups excluding tert-OH is 2. The van der Waals surface area contributed by atoms with Crippen LogP contribution in [-0.2, 0) is 42.9 Å². The average Bonchev–Trinajstić information content (AvgIpc) is 2.99. The van der Waals surface area contributed by atoms with Gasteiger partial charge in [0.1, 0.15) is 30.5 Å². The van der Waals surface area contributed by atoms with Crippen LogP contribution < -0.4 is 0 Å². The molecule has 0 radical (unpaired) electrons. The van der Waals surface area contributed by atoms with Gasteiger partial charge < -0.3 is 29.2 Å². The third kappa shape index (κ3) is 7.66. The van der Waals surface area contributed by atoms with Crippen molar-refractivity contribution in [3.8, 4) is 0 Å². The maximum Gasteiger partial charge on any atom is 0.337 e. The predicted octanol–water partition coefficient (Wildman–Crippen LogP) is 3.39. The summed E-state index contributed by atoms with van der Waals surface area (Å²) < 4.78 is 23.3. The van der Waals surface area contributed by atoms with Crippen molar-refractivity contribution in [2.45, 2.75) is 110 Å². The van der Waals surface area contributed by atoms with Crippen molar-refractivity contribution in [3.63, 3.8) is 0 Å². The van der Waals surface area contributed by atoms with Crippen LogP contribution in [-0.4, -0.2) is 95.5 Å². The molecule has 49 heavy (non-hydrogen) atoms. The zero-order valence-electron chi connectivity index (χ0n) is 29.7. The van der Waals surface area contributed by atoms with E-state index in [-0.39, 0.29) is 19.3 Å². The molecule has 12 heteroatoms. The minimum atomic E-state index is -1.69. The van der Waals surface area contributed by atoms with Gasteiger partial charge in [-0.2, -0.15) is 0 Å². The van der Waals surface area contributed by atoms with Crippen LogP contribution >= 0.6 is 0 Å². The molecule has 12 nitrogen and oxygen atoms in total. The van der Waals surface area contributed by atoms with Gasteiger partial charge in [-0.3, -0.25) is 24.1 Å². The number of esters is 4. The van der Waals surface area contributed by atoms with Crippen molar-refractivity contribution < 1.29 is 53.1 Å². The molecule has 3 aliphatic rings. The Hall–Kier alpha value is -3.87. The molecule has 268 valence electrons. The summed E-state index contributed by atoms with van der Waals surface area (Å²) in [6.45, 7) is 10.7. The van der Waals surface area contributed by atoms with E-state index in [1.807, 2.05) is 19.9 Å². The molecule has 0 unspecified atom stereocenters. The zero-order chi connectivity index (χ0) is 36.6. The van der Waals surface area contributed by atoms with E-state index in [4.69, 9.17) is 18.9 Å². The maximum atomic E-state index is 14.5. The quantitative estimate of drug-likeness (QED) is 0.233. The first-order valence-corrected chi connectivity index (χ1v) is 16.5. The summed E-state index contributed by atoms with van der Waals surface area (Å²) in [5.74, 6) is -4.00. The minimum Gasteiger partial charge on any atom is -0.461 e. The normalized spacial score (nSPS) is 31.8. The van der Waals surface area contributed by atoms with Crippen molar-refractivity contribution in [1.82, 2.24) is 4.90 Å². The highest BCUT2D eigenvalue weighted by molar-refractivity contribution is 5.93. The lowest BCUT2D eigenvalue weighted by molar-refractivity contribution is -0.174. The smallest absolute Gasteiger partial charge is 0.337 e. The molecular weight excluding hydrogens is 634 g/mol. The average molecular weight is 684 g/mol. The lowest BCUT2D eigenvalue weighted by Crippen LogP contribution is -2.57. The van der Waals surface area contributed by atoms with E-state index in [2.05, 4.69) is 0 Å². The van der Waals surface area contributed by atoms with Crippen molar-refractivity contribution in [2.24, 2.45) is 16.7 Å². The molecule has 1 aromatic rings. The van der Waals surface area contributed by atoms with Gasteiger partial charge in [0.15, 0.2) is 11.9 Å². The lowest BCUT2D eigenvalue weighted by Gasteiger charge is -2.51. The molecule has 1 aromatic carbocycles. The Labute approximate surface area is 287 Å². The first kappa shape index (κ1) is 37.9. The monoisotopic (exact) mass is 683 g/mol. The first-order valence-electron chi connectivity index (χ1n) is 16.5. The molecule has 0 amide bonds. The molecule has 0 aromatic heterocycles. The SMILES string of the molecule is CC(=O)O[C@H]1C[C@@H]2[C@H](OC(C)=O)/C=C3\C[C@](C)(C(=O)[C@H](O)C(=C1C)C2(C)C)[C@@H](OC(C)=O)C[C@@H]3OC(=O)[C@H](O)[C@H](c1ccccc1)N(C)C. The molecule has 0 heterocycles. The van der Waals surface area contributed by atoms with Gasteiger partial charge in [0.25, 0.3) is 0 Å². The fraction of sp³-hybridized carbons (Fsp3) is 0.595. The van der Waals surface area contributed by atoms with Crippen LogP contribution in [0.25, 0.3) is 0 Å². The Morgan fingerprint density at radius 1 is 0.878 bits per heavy atom. The number of Topliss-reactive ketones (excluding diaryl/α,β-unsaturated/α-hetero) is 1. The van der Waals surface area contributed by atoms with E-state index in [9.17, 15) is 34.2 Å². The molecule has 1 fully saturated rings. The third-order valence-corrected chi connectivity index (χ3v) is 10.4. The molecule has 4 bridgehead atoms. The van der Waals surface area contributed by atoms with Gasteiger partial charge in [-0.05, 0) is 74.6 Å². The second-order valence-corrected chi connectivity index (χ2v) is 14.5. The Bertz CT molecular complexity index is 1530. The van der Waals surface area contributed by atoms with Crippen LogP contribution in [0.3, 0.4) is 0 Å². The second-order valence-electron chi connectivity index (χ2n) is 14.5. The Kier molecular flexibility index (Phi) is 11.3. The van der Waals surface area contributed by atoms with Gasteiger partial charge in [0.2, 0.25) is 0 Å². The van der Waals surface area contributed by atoms with Crippen LogP contribution in [0.5, 0.6) is 0 Å². The fourth-order valence-electron chi connectivity index (χ4n) is 8.04. The van der Waals surface area contributed by atoms with Gasteiger partial charge >= 0.3 is 23.9 Å². The van der Waals surface area contributed by atoms with Crippen LogP contribution in [0.15, 0.2) is 53.1 Å². The lowest BCUT2D eigenvalue weighted by atomic mass is 9.57. The van der Waals surface area contributed by atoms with Gasteiger partial charge in [0.05, 0.1) is 11.5 Å². The number of fused-ring (bicyclic) bond motifs is 4. The molecular formula is C37H49NO11. The van der Waals surface area contributed by atoms with Crippen LogP contribution in [0.1, 0.15) is 79.3 Å². The largest absolute Gasteiger partial charge is 0.461 e. The summed E-state index contributed by atoms with van der Waals surface area (Å²) in [5, 5.41) is 23.3. The standard InChI is InChI=1S/C37H49NO11/c1-19-26(46-20(2)39)16-25-28(47-21(3)40)15-24-18-37(7,34(44)32(42)30(19)36(25,5)6)29(48-22(4)41)17-27(24)49-35(45)33(43)31(38(8)9)23-13-11-10-12-14-23/h10-15,25-29,31-33,42-43H,16-18H2,1-9H3/b24-15+/t25-,26+,27+,28-,29+,31+,32-,33-,37+/m1/s1. The first-order chi connectivity index (χ1) is 22.8. The fourth-order valence-corrected chi connectivity index (χ4v) is 8.04. The molecule has 1 saturated carbocycles. The third-order valence-electron chi connectivity index (χ3n) is 10.4. The Balaban J connectivity index is 1.88. The number of aliphatic hydroxyl groups is 2. The number of hydrogen-bond acceptors (Lipinski definition) is 12. The molecule has 0 spiro atoms. The number of likely N-dealkylation sites (N-methyl/N-ethyl adjacent to an activating group) is 1. The number of benzene rings is 1. The van der Waals surface area contributed by atoms with Gasteiger partial charge in [0, 0.05) is 33.1 Å². The zero-order valence-corrected chi connectivity index (χ0v) is 29.7. The number of hydrogen-bond donors (Lipinski definition) is 2. The van der Waals surface area contributed by atoms with Crippen molar-refractivity contribution >= 4 is 29.7 Å². The summed E-state index contributed by atoms with van der Waals surface area (Å²) in [4.78, 5) is 67.1. The van der Waals surface area contributed by atoms with Crippen molar-refractivity contribution in [1.29, 1.82) is 0 Å². The van der Waals surface area contributed by atoms with E-state index in [0.717, 1.165) is 0 Å². The van der Waals surface area contributed by atoms with E-state index in [0.29, 0.717) is 22.3 Å². The second kappa shape index (κ2) is 14.5. The summed E-state index contributed by atoms with van der Waals surface area (Å²) >= 11 is 0. The summed E-state index contributed by atoms with van der Waals surface area (Å²) in [6.07, 6.45) is -5.76. The van der Waals surface area contributed by atoms with Crippen LogP contribution in [0, 0.1) is 16.7 Å². The van der Waals surface area contributed by atoms with Gasteiger partial charge in [-0.25, -0.2) is 4.79 Å². The highest BCUT2D eigenvalue weighted by Crippen LogP contribution is 2.53. The number of nitrogens with zero attached hydrogens (tertiary/aromatic N) is 1. The molecule has 0 saturated heterocycles. The van der Waals surface area contributed by atoms with Crippen molar-refractivity contribution in [2.75, 3.05) is 14.1 Å². The van der Waals surface area contributed by atoms with Crippen molar-refractivity contribution in [3.05, 3.63) is 58.7 Å². The number of ether oxygens (including phenoxy) is 4. The molecule has 2 N–H and O–H groups in total. The van der Waals surface area contributed by atoms with Crippen LogP contribution in [0.4, 0.5) is 0 Å². The number of carbonyl (C=O) groups excluding carboxylic acids is 5. The van der Waals surface area contributed by atoms with E-state index in [1.165, 1.54) is 20.8 Å². The molecule has 0 aliphatic heterocycles. The Morgan fingerprint density at radius 3 is 2.02 bits per heavy atom. The summed E-state index contributed by atoms with van der Waals surface area (Å²) in [7, 11) is 3.45. The topological polar surface area (TPSA) is 166 Å². The highest BCUT2D eigenvalue weighted by atomic mass is 16.6. The number of ketones is 1.